The molecule has 2 aromatic rings. The van der Waals surface area contributed by atoms with E-state index in [0.717, 1.165) is 37.3 Å². The standard InChI is InChI=1S/C22H29N3O2S/c1-4-7-16-27-20-11-9-8-10-19(20)21(26)24-22(28)23-17-12-14-18(15-13-17)25(5-2)6-3/h8-15H,4-7,16H2,1-3H3,(H2,23,24,26,28). The van der Waals surface area contributed by atoms with E-state index in [0.29, 0.717) is 17.9 Å². The summed E-state index contributed by atoms with van der Waals surface area (Å²) in [4.78, 5) is 14.9. The van der Waals surface area contributed by atoms with E-state index in [2.05, 4.69) is 36.3 Å². The lowest BCUT2D eigenvalue weighted by Gasteiger charge is -2.21. The molecule has 1 amide bonds. The van der Waals surface area contributed by atoms with Crippen molar-refractivity contribution in [1.29, 1.82) is 0 Å². The van der Waals surface area contributed by atoms with Gasteiger partial charge in [-0.15, -0.1) is 0 Å². The summed E-state index contributed by atoms with van der Waals surface area (Å²) in [7, 11) is 0. The number of carbonyl (C=O) groups excluding carboxylic acids is 1. The Labute approximate surface area is 173 Å². The Morgan fingerprint density at radius 3 is 2.36 bits per heavy atom. The summed E-state index contributed by atoms with van der Waals surface area (Å²) < 4.78 is 5.73. The van der Waals surface area contributed by atoms with Crippen LogP contribution in [0.3, 0.4) is 0 Å². The minimum absolute atomic E-state index is 0.254. The molecule has 2 N–H and O–H groups in total. The summed E-state index contributed by atoms with van der Waals surface area (Å²) in [5.74, 6) is 0.282. The Bertz CT molecular complexity index is 774. The van der Waals surface area contributed by atoms with Gasteiger partial charge in [0.15, 0.2) is 5.11 Å². The number of thiocarbonyl (C=S) groups is 1. The number of nitrogens with zero attached hydrogens (tertiary/aromatic N) is 1. The third-order valence-electron chi connectivity index (χ3n) is 4.37. The highest BCUT2D eigenvalue weighted by molar-refractivity contribution is 7.80. The molecule has 0 bridgehead atoms. The number of benzene rings is 2. The molecule has 150 valence electrons. The number of ether oxygens (including phenoxy) is 1. The van der Waals surface area contributed by atoms with Crippen LogP contribution in [0.1, 0.15) is 44.0 Å². The van der Waals surface area contributed by atoms with Crippen LogP contribution in [0.25, 0.3) is 0 Å². The summed E-state index contributed by atoms with van der Waals surface area (Å²) in [6.45, 7) is 8.85. The lowest BCUT2D eigenvalue weighted by atomic mass is 10.2. The van der Waals surface area contributed by atoms with Crippen LogP contribution < -0.4 is 20.3 Å². The number of hydrogen-bond acceptors (Lipinski definition) is 4. The van der Waals surface area contributed by atoms with Crippen LogP contribution in [0.15, 0.2) is 48.5 Å². The summed E-state index contributed by atoms with van der Waals surface area (Å²) in [5, 5.41) is 6.04. The number of amides is 1. The smallest absolute Gasteiger partial charge is 0.261 e. The maximum absolute atomic E-state index is 12.6. The maximum Gasteiger partial charge on any atom is 0.261 e. The molecule has 0 aliphatic heterocycles. The van der Waals surface area contributed by atoms with Crippen molar-refractivity contribution in [2.75, 3.05) is 29.9 Å². The van der Waals surface area contributed by atoms with Crippen molar-refractivity contribution in [2.24, 2.45) is 0 Å². The zero-order valence-corrected chi connectivity index (χ0v) is 17.6. The molecule has 28 heavy (non-hydrogen) atoms. The minimum Gasteiger partial charge on any atom is -0.493 e. The summed E-state index contributed by atoms with van der Waals surface area (Å²) in [6.07, 6.45) is 1.98. The van der Waals surface area contributed by atoms with Crippen LogP contribution in [0.2, 0.25) is 0 Å². The van der Waals surface area contributed by atoms with E-state index >= 15 is 0 Å². The fourth-order valence-corrected chi connectivity index (χ4v) is 2.99. The lowest BCUT2D eigenvalue weighted by molar-refractivity contribution is 0.0973. The molecule has 0 spiro atoms. The summed E-state index contributed by atoms with van der Waals surface area (Å²) >= 11 is 5.30. The topological polar surface area (TPSA) is 53.6 Å². The molecule has 0 fully saturated rings. The number of hydrogen-bond donors (Lipinski definition) is 2. The Kier molecular flexibility index (Phi) is 8.75. The second kappa shape index (κ2) is 11.3. The summed E-state index contributed by atoms with van der Waals surface area (Å²) in [6, 6.07) is 15.2. The molecular formula is C22H29N3O2S. The van der Waals surface area contributed by atoms with Gasteiger partial charge in [-0.25, -0.2) is 0 Å². The molecule has 0 heterocycles. The Morgan fingerprint density at radius 2 is 1.71 bits per heavy atom. The highest BCUT2D eigenvalue weighted by Gasteiger charge is 2.13. The molecule has 0 unspecified atom stereocenters. The van der Waals surface area contributed by atoms with E-state index in [1.54, 1.807) is 12.1 Å². The second-order valence-electron chi connectivity index (χ2n) is 6.33. The molecule has 0 saturated carbocycles. The number of para-hydroxylation sites is 1. The van der Waals surface area contributed by atoms with Crippen LogP contribution in [0.4, 0.5) is 11.4 Å². The predicted molar refractivity (Wildman–Crippen MR) is 121 cm³/mol. The van der Waals surface area contributed by atoms with Crippen LogP contribution in [0.5, 0.6) is 5.75 Å². The van der Waals surface area contributed by atoms with Gasteiger partial charge in [-0.05, 0) is 68.9 Å². The van der Waals surface area contributed by atoms with Gasteiger partial charge in [0.25, 0.3) is 5.91 Å². The second-order valence-corrected chi connectivity index (χ2v) is 6.73. The fourth-order valence-electron chi connectivity index (χ4n) is 2.78. The Hall–Kier alpha value is -2.60. The molecule has 0 aromatic heterocycles. The average Bonchev–Trinajstić information content (AvgIpc) is 2.70. The van der Waals surface area contributed by atoms with Gasteiger partial charge in [-0.1, -0.05) is 25.5 Å². The van der Waals surface area contributed by atoms with Crippen LogP contribution in [-0.4, -0.2) is 30.7 Å². The number of unbranched alkanes of at least 4 members (excludes halogenated alkanes) is 1. The molecule has 0 atom stereocenters. The molecule has 2 rings (SSSR count). The van der Waals surface area contributed by atoms with Gasteiger partial charge in [-0.2, -0.15) is 0 Å². The van der Waals surface area contributed by atoms with Crippen LogP contribution in [-0.2, 0) is 0 Å². The third-order valence-corrected chi connectivity index (χ3v) is 4.57. The van der Waals surface area contributed by atoms with Crippen molar-refractivity contribution in [3.8, 4) is 5.75 Å². The summed E-state index contributed by atoms with van der Waals surface area (Å²) in [5.41, 5.74) is 2.46. The number of carbonyl (C=O) groups is 1. The predicted octanol–water partition coefficient (Wildman–Crippen LogP) is 4.84. The van der Waals surface area contributed by atoms with Crippen molar-refractivity contribution in [2.45, 2.75) is 33.6 Å². The van der Waals surface area contributed by atoms with E-state index in [9.17, 15) is 4.79 Å². The van der Waals surface area contributed by atoms with Gasteiger partial charge in [0.1, 0.15) is 5.75 Å². The van der Waals surface area contributed by atoms with E-state index in [1.807, 2.05) is 36.4 Å². The highest BCUT2D eigenvalue weighted by atomic mass is 32.1. The first-order valence-corrected chi connectivity index (χ1v) is 10.2. The molecule has 5 nitrogen and oxygen atoms in total. The molecule has 2 aromatic carbocycles. The number of anilines is 2. The number of rotatable bonds is 9. The van der Waals surface area contributed by atoms with E-state index < -0.39 is 0 Å². The van der Waals surface area contributed by atoms with Crippen molar-refractivity contribution in [3.05, 3.63) is 54.1 Å². The zero-order valence-electron chi connectivity index (χ0n) is 16.8. The first-order valence-electron chi connectivity index (χ1n) is 9.78. The van der Waals surface area contributed by atoms with Gasteiger partial charge < -0.3 is 15.0 Å². The molecule has 0 aliphatic carbocycles. The van der Waals surface area contributed by atoms with Crippen molar-refractivity contribution in [3.63, 3.8) is 0 Å². The van der Waals surface area contributed by atoms with E-state index in [1.165, 1.54) is 0 Å². The first-order chi connectivity index (χ1) is 13.6. The number of nitrogens with one attached hydrogen (secondary N) is 2. The largest absolute Gasteiger partial charge is 0.493 e. The van der Waals surface area contributed by atoms with Gasteiger partial charge in [0, 0.05) is 24.5 Å². The average molecular weight is 400 g/mol. The van der Waals surface area contributed by atoms with Gasteiger partial charge in [0.05, 0.1) is 12.2 Å². The van der Waals surface area contributed by atoms with E-state index in [4.69, 9.17) is 17.0 Å². The molecular weight excluding hydrogens is 370 g/mol. The van der Waals surface area contributed by atoms with Crippen molar-refractivity contribution in [1.82, 2.24) is 5.32 Å². The molecule has 0 saturated heterocycles. The zero-order chi connectivity index (χ0) is 20.4. The maximum atomic E-state index is 12.6. The normalized spacial score (nSPS) is 10.2. The molecule has 6 heteroatoms. The third kappa shape index (κ3) is 6.23. The van der Waals surface area contributed by atoms with Crippen molar-refractivity contribution >= 4 is 34.6 Å². The monoisotopic (exact) mass is 399 g/mol. The van der Waals surface area contributed by atoms with Crippen molar-refractivity contribution < 1.29 is 9.53 Å². The van der Waals surface area contributed by atoms with E-state index in [-0.39, 0.29) is 11.0 Å². The van der Waals surface area contributed by atoms with Gasteiger partial charge in [0.2, 0.25) is 0 Å². The van der Waals surface area contributed by atoms with Crippen LogP contribution >= 0.6 is 12.2 Å². The quantitative estimate of drug-likeness (QED) is 0.467. The SMILES string of the molecule is CCCCOc1ccccc1C(=O)NC(=S)Nc1ccc(N(CC)CC)cc1. The van der Waals surface area contributed by atoms with Gasteiger partial charge >= 0.3 is 0 Å². The minimum atomic E-state index is -0.288. The highest BCUT2D eigenvalue weighted by Crippen LogP contribution is 2.19. The van der Waals surface area contributed by atoms with Gasteiger partial charge in [-0.3, -0.25) is 10.1 Å². The Morgan fingerprint density at radius 1 is 1.04 bits per heavy atom. The fraction of sp³-hybridized carbons (Fsp3) is 0.364. The molecule has 0 radical (unpaired) electrons. The molecule has 0 aliphatic rings. The van der Waals surface area contributed by atoms with Crippen LogP contribution in [0, 0.1) is 0 Å². The first kappa shape index (κ1) is 21.7. The lowest BCUT2D eigenvalue weighted by Crippen LogP contribution is -2.34. The Balaban J connectivity index is 1.97.